The van der Waals surface area contributed by atoms with Gasteiger partial charge in [0.2, 0.25) is 0 Å². The fourth-order valence-electron chi connectivity index (χ4n) is 1.10. The molecule has 0 aromatic heterocycles. The Labute approximate surface area is 79.4 Å². The zero-order chi connectivity index (χ0) is 9.52. The maximum atomic E-state index is 11.0. The summed E-state index contributed by atoms with van der Waals surface area (Å²) in [6.07, 6.45) is 5.74. The van der Waals surface area contributed by atoms with E-state index in [9.17, 15) is 4.79 Å². The van der Waals surface area contributed by atoms with Crippen molar-refractivity contribution in [3.63, 3.8) is 0 Å². The van der Waals surface area contributed by atoms with Crippen LogP contribution in [0.3, 0.4) is 0 Å². The summed E-state index contributed by atoms with van der Waals surface area (Å²) in [5.41, 5.74) is 0. The first-order valence-corrected chi connectivity index (χ1v) is 5.10. The molecule has 3 nitrogen and oxygen atoms in total. The first-order valence-electron chi connectivity index (χ1n) is 5.10. The third-order valence-electron chi connectivity index (χ3n) is 2.25. The second-order valence-electron chi connectivity index (χ2n) is 3.44. The Morgan fingerprint density at radius 3 is 2.77 bits per heavy atom. The highest BCUT2D eigenvalue weighted by atomic mass is 16.6. The summed E-state index contributed by atoms with van der Waals surface area (Å²) in [7, 11) is 0. The van der Waals surface area contributed by atoms with E-state index in [2.05, 4.69) is 6.92 Å². The van der Waals surface area contributed by atoms with E-state index in [1.54, 1.807) is 0 Å². The Morgan fingerprint density at radius 1 is 1.46 bits per heavy atom. The molecule has 0 radical (unpaired) electrons. The molecule has 76 valence electrons. The van der Waals surface area contributed by atoms with E-state index in [-0.39, 0.29) is 12.6 Å². The van der Waals surface area contributed by atoms with Crippen LogP contribution >= 0.6 is 0 Å². The molecule has 0 N–H and O–H groups in total. The second kappa shape index (κ2) is 5.97. The lowest BCUT2D eigenvalue weighted by atomic mass is 9.96. The van der Waals surface area contributed by atoms with Gasteiger partial charge in [0.15, 0.2) is 0 Å². The van der Waals surface area contributed by atoms with Crippen LogP contribution in [0.4, 0.5) is 0 Å². The summed E-state index contributed by atoms with van der Waals surface area (Å²) in [5, 5.41) is 0. The lowest BCUT2D eigenvalue weighted by molar-refractivity contribution is -0.152. The van der Waals surface area contributed by atoms with Crippen LogP contribution in [0.2, 0.25) is 0 Å². The van der Waals surface area contributed by atoms with Gasteiger partial charge in [-0.15, -0.1) is 0 Å². The molecule has 0 atom stereocenters. The van der Waals surface area contributed by atoms with Crippen molar-refractivity contribution in [3.8, 4) is 0 Å². The number of carbonyl (C=O) groups is 1. The minimum atomic E-state index is -0.222. The molecule has 0 aromatic rings. The van der Waals surface area contributed by atoms with Crippen LogP contribution in [0.1, 0.15) is 39.0 Å². The van der Waals surface area contributed by atoms with Crippen molar-refractivity contribution >= 4 is 5.97 Å². The smallest absolute Gasteiger partial charge is 0.332 e. The first kappa shape index (κ1) is 10.5. The Bertz CT molecular complexity index is 152. The zero-order valence-electron chi connectivity index (χ0n) is 8.25. The predicted octanol–water partition coefficient (Wildman–Crippen LogP) is 1.90. The standard InChI is InChI=1S/C10H18O3/c1-2-3-7-12-10(11)8-13-9-5-4-6-9/h9H,2-8H2,1H3. The fraction of sp³-hybridized carbons (Fsp3) is 0.900. The van der Waals surface area contributed by atoms with Crippen molar-refractivity contribution in [1.82, 2.24) is 0 Å². The third kappa shape index (κ3) is 4.27. The number of ether oxygens (including phenoxy) is 2. The average molecular weight is 186 g/mol. The summed E-state index contributed by atoms with van der Waals surface area (Å²) in [4.78, 5) is 11.0. The maximum absolute atomic E-state index is 11.0. The largest absolute Gasteiger partial charge is 0.464 e. The number of hydrogen-bond donors (Lipinski definition) is 0. The Hall–Kier alpha value is -0.570. The van der Waals surface area contributed by atoms with Gasteiger partial charge in [-0.25, -0.2) is 4.79 Å². The van der Waals surface area contributed by atoms with Gasteiger partial charge in [-0.1, -0.05) is 13.3 Å². The van der Waals surface area contributed by atoms with Crippen LogP contribution in [-0.2, 0) is 14.3 Å². The highest BCUT2D eigenvalue weighted by Crippen LogP contribution is 2.21. The van der Waals surface area contributed by atoms with Crippen molar-refractivity contribution in [3.05, 3.63) is 0 Å². The highest BCUT2D eigenvalue weighted by Gasteiger charge is 2.19. The molecule has 1 fully saturated rings. The van der Waals surface area contributed by atoms with Gasteiger partial charge in [-0.3, -0.25) is 0 Å². The van der Waals surface area contributed by atoms with Crippen molar-refractivity contribution in [1.29, 1.82) is 0 Å². The minimum Gasteiger partial charge on any atom is -0.464 e. The Kier molecular flexibility index (Phi) is 4.83. The first-order chi connectivity index (χ1) is 6.33. The van der Waals surface area contributed by atoms with Gasteiger partial charge in [0.1, 0.15) is 6.61 Å². The van der Waals surface area contributed by atoms with E-state index in [1.807, 2.05) is 0 Å². The minimum absolute atomic E-state index is 0.133. The fourth-order valence-corrected chi connectivity index (χ4v) is 1.10. The van der Waals surface area contributed by atoms with Crippen molar-refractivity contribution in [2.75, 3.05) is 13.2 Å². The van der Waals surface area contributed by atoms with E-state index < -0.39 is 0 Å². The average Bonchev–Trinajstić information content (AvgIpc) is 2.02. The van der Waals surface area contributed by atoms with Gasteiger partial charge >= 0.3 is 5.97 Å². The van der Waals surface area contributed by atoms with Crippen LogP contribution in [0.25, 0.3) is 0 Å². The molecule has 0 saturated heterocycles. The second-order valence-corrected chi connectivity index (χ2v) is 3.44. The SMILES string of the molecule is CCCCOC(=O)COC1CCC1. The van der Waals surface area contributed by atoms with Crippen LogP contribution in [0.15, 0.2) is 0 Å². The van der Waals surface area contributed by atoms with E-state index in [0.717, 1.165) is 25.7 Å². The lowest BCUT2D eigenvalue weighted by Crippen LogP contribution is -2.25. The molecule has 0 heterocycles. The summed E-state index contributed by atoms with van der Waals surface area (Å²) >= 11 is 0. The molecule has 1 aliphatic rings. The molecule has 0 spiro atoms. The molecule has 0 aromatic carbocycles. The highest BCUT2D eigenvalue weighted by molar-refractivity contribution is 5.70. The molecule has 0 aliphatic heterocycles. The van der Waals surface area contributed by atoms with Crippen LogP contribution < -0.4 is 0 Å². The van der Waals surface area contributed by atoms with E-state index in [1.165, 1.54) is 6.42 Å². The van der Waals surface area contributed by atoms with Gasteiger partial charge in [0, 0.05) is 0 Å². The van der Waals surface area contributed by atoms with Crippen molar-refractivity contribution in [2.45, 2.75) is 45.1 Å². The molecule has 1 saturated carbocycles. The Balaban J connectivity index is 1.90. The van der Waals surface area contributed by atoms with Crippen LogP contribution in [0.5, 0.6) is 0 Å². The maximum Gasteiger partial charge on any atom is 0.332 e. The number of carbonyl (C=O) groups excluding carboxylic acids is 1. The number of hydrogen-bond acceptors (Lipinski definition) is 3. The third-order valence-corrected chi connectivity index (χ3v) is 2.25. The summed E-state index contributed by atoms with van der Waals surface area (Å²) in [6, 6.07) is 0. The molecular weight excluding hydrogens is 168 g/mol. The van der Waals surface area contributed by atoms with Gasteiger partial charge in [0.05, 0.1) is 12.7 Å². The molecule has 0 amide bonds. The number of unbranched alkanes of at least 4 members (excludes halogenated alkanes) is 1. The zero-order valence-corrected chi connectivity index (χ0v) is 8.25. The molecule has 1 rings (SSSR count). The molecule has 0 unspecified atom stereocenters. The predicted molar refractivity (Wildman–Crippen MR) is 49.5 cm³/mol. The lowest BCUT2D eigenvalue weighted by Gasteiger charge is -2.24. The quantitative estimate of drug-likeness (QED) is 0.469. The number of rotatable bonds is 6. The molecule has 3 heteroatoms. The number of esters is 1. The normalized spacial score (nSPS) is 16.7. The molecule has 13 heavy (non-hydrogen) atoms. The van der Waals surface area contributed by atoms with E-state index >= 15 is 0 Å². The van der Waals surface area contributed by atoms with Crippen molar-refractivity contribution in [2.24, 2.45) is 0 Å². The van der Waals surface area contributed by atoms with Gasteiger partial charge in [-0.05, 0) is 25.7 Å². The van der Waals surface area contributed by atoms with Gasteiger partial charge in [-0.2, -0.15) is 0 Å². The summed E-state index contributed by atoms with van der Waals surface area (Å²) < 4.78 is 10.2. The molecule has 1 aliphatic carbocycles. The van der Waals surface area contributed by atoms with Crippen LogP contribution in [0, 0.1) is 0 Å². The van der Waals surface area contributed by atoms with E-state index in [0.29, 0.717) is 12.7 Å². The summed E-state index contributed by atoms with van der Waals surface area (Å²) in [5.74, 6) is -0.222. The molecular formula is C10H18O3. The van der Waals surface area contributed by atoms with Crippen LogP contribution in [-0.4, -0.2) is 25.3 Å². The summed E-state index contributed by atoms with van der Waals surface area (Å²) in [6.45, 7) is 2.73. The topological polar surface area (TPSA) is 35.5 Å². The molecule has 0 bridgehead atoms. The van der Waals surface area contributed by atoms with Crippen molar-refractivity contribution < 1.29 is 14.3 Å². The van der Waals surface area contributed by atoms with Gasteiger partial charge in [0.25, 0.3) is 0 Å². The monoisotopic (exact) mass is 186 g/mol. The van der Waals surface area contributed by atoms with Gasteiger partial charge < -0.3 is 9.47 Å². The van der Waals surface area contributed by atoms with E-state index in [4.69, 9.17) is 9.47 Å². The Morgan fingerprint density at radius 2 is 2.23 bits per heavy atom.